The molecule has 2 aromatic carbocycles. The Labute approximate surface area is 172 Å². The Morgan fingerprint density at radius 3 is 2.52 bits per heavy atom. The highest BCUT2D eigenvalue weighted by molar-refractivity contribution is 7.14. The molecule has 0 aliphatic rings. The number of nitrogens with zero attached hydrogens (tertiary/aromatic N) is 1. The molecule has 0 bridgehead atoms. The fourth-order valence-corrected chi connectivity index (χ4v) is 3.33. The van der Waals surface area contributed by atoms with Gasteiger partial charge in [-0.3, -0.25) is 14.9 Å². The van der Waals surface area contributed by atoms with Crippen molar-refractivity contribution in [3.63, 3.8) is 0 Å². The fraction of sp³-hybridized carbons (Fsp3) is 0.190. The van der Waals surface area contributed by atoms with Crippen molar-refractivity contribution >= 4 is 28.3 Å². The van der Waals surface area contributed by atoms with E-state index in [9.17, 15) is 9.59 Å². The van der Waals surface area contributed by atoms with E-state index in [0.29, 0.717) is 34.4 Å². The van der Waals surface area contributed by atoms with Gasteiger partial charge in [-0.2, -0.15) is 0 Å². The third-order valence-electron chi connectivity index (χ3n) is 4.09. The quantitative estimate of drug-likeness (QED) is 0.594. The number of anilines is 1. The highest BCUT2D eigenvalue weighted by Crippen LogP contribution is 2.27. The van der Waals surface area contributed by atoms with Crippen molar-refractivity contribution in [1.29, 1.82) is 0 Å². The van der Waals surface area contributed by atoms with Gasteiger partial charge in [0.25, 0.3) is 5.91 Å². The molecule has 3 aromatic rings. The van der Waals surface area contributed by atoms with E-state index in [4.69, 9.17) is 9.47 Å². The SMILES string of the molecule is COc1ccc(CNC(=O)Cc2csc(NC(=O)c3ccccc3)n2)cc1OC. The predicted molar refractivity (Wildman–Crippen MR) is 112 cm³/mol. The number of hydrogen-bond donors (Lipinski definition) is 2. The monoisotopic (exact) mass is 411 g/mol. The summed E-state index contributed by atoms with van der Waals surface area (Å²) in [5.74, 6) is 0.850. The number of thiazole rings is 1. The maximum atomic E-state index is 12.2. The molecule has 0 saturated carbocycles. The Balaban J connectivity index is 1.52. The standard InChI is InChI=1S/C21H21N3O4S/c1-27-17-9-8-14(10-18(17)28-2)12-22-19(25)11-16-13-29-21(23-16)24-20(26)15-6-4-3-5-7-15/h3-10,13H,11-12H2,1-2H3,(H,22,25)(H,23,24,26). The van der Waals surface area contributed by atoms with Gasteiger partial charge in [-0.15, -0.1) is 11.3 Å². The molecular formula is C21H21N3O4S. The molecule has 0 aliphatic carbocycles. The fourth-order valence-electron chi connectivity index (χ4n) is 2.62. The molecule has 0 spiro atoms. The Morgan fingerprint density at radius 1 is 1.03 bits per heavy atom. The lowest BCUT2D eigenvalue weighted by Gasteiger charge is -2.10. The lowest BCUT2D eigenvalue weighted by atomic mass is 10.2. The largest absolute Gasteiger partial charge is 0.493 e. The summed E-state index contributed by atoms with van der Waals surface area (Å²) in [5, 5.41) is 7.82. The molecule has 0 radical (unpaired) electrons. The summed E-state index contributed by atoms with van der Waals surface area (Å²) >= 11 is 1.28. The summed E-state index contributed by atoms with van der Waals surface area (Å²) in [6, 6.07) is 14.4. The Hall–Kier alpha value is -3.39. The molecule has 3 rings (SSSR count). The van der Waals surface area contributed by atoms with Crippen LogP contribution in [0.25, 0.3) is 0 Å². The Kier molecular flexibility index (Phi) is 6.80. The van der Waals surface area contributed by atoms with Gasteiger partial charge in [-0.1, -0.05) is 24.3 Å². The predicted octanol–water partition coefficient (Wildman–Crippen LogP) is 3.27. The molecule has 150 valence electrons. The zero-order chi connectivity index (χ0) is 20.6. The Bertz CT molecular complexity index is 989. The third kappa shape index (κ3) is 5.55. The molecule has 2 N–H and O–H groups in total. The van der Waals surface area contributed by atoms with Crippen LogP contribution in [0.3, 0.4) is 0 Å². The second-order valence-corrected chi connectivity index (χ2v) is 6.97. The number of methoxy groups -OCH3 is 2. The van der Waals surface area contributed by atoms with Gasteiger partial charge in [0.15, 0.2) is 16.6 Å². The van der Waals surface area contributed by atoms with Crippen LogP contribution in [0.5, 0.6) is 11.5 Å². The first-order chi connectivity index (χ1) is 14.1. The highest BCUT2D eigenvalue weighted by atomic mass is 32.1. The minimum Gasteiger partial charge on any atom is -0.493 e. The van der Waals surface area contributed by atoms with Crippen molar-refractivity contribution in [2.75, 3.05) is 19.5 Å². The smallest absolute Gasteiger partial charge is 0.257 e. The van der Waals surface area contributed by atoms with Crippen LogP contribution in [-0.2, 0) is 17.8 Å². The number of benzene rings is 2. The van der Waals surface area contributed by atoms with Gasteiger partial charge in [0.05, 0.1) is 26.3 Å². The van der Waals surface area contributed by atoms with Gasteiger partial charge >= 0.3 is 0 Å². The summed E-state index contributed by atoms with van der Waals surface area (Å²) in [4.78, 5) is 28.7. The number of aromatic nitrogens is 1. The lowest BCUT2D eigenvalue weighted by molar-refractivity contribution is -0.120. The maximum absolute atomic E-state index is 12.2. The molecule has 0 fully saturated rings. The molecule has 0 atom stereocenters. The molecule has 0 unspecified atom stereocenters. The van der Waals surface area contributed by atoms with Crippen molar-refractivity contribution in [3.05, 3.63) is 70.7 Å². The van der Waals surface area contributed by atoms with Crippen LogP contribution in [0, 0.1) is 0 Å². The second kappa shape index (κ2) is 9.70. The van der Waals surface area contributed by atoms with Crippen LogP contribution in [-0.4, -0.2) is 31.0 Å². The molecule has 2 amide bonds. The number of nitrogens with one attached hydrogen (secondary N) is 2. The first kappa shape index (κ1) is 20.3. The van der Waals surface area contributed by atoms with Gasteiger partial charge in [0.2, 0.25) is 5.91 Å². The average Bonchev–Trinajstić information content (AvgIpc) is 3.19. The third-order valence-corrected chi connectivity index (χ3v) is 4.89. The molecule has 29 heavy (non-hydrogen) atoms. The summed E-state index contributed by atoms with van der Waals surface area (Å²) in [7, 11) is 3.14. The van der Waals surface area contributed by atoms with Gasteiger partial charge < -0.3 is 14.8 Å². The van der Waals surface area contributed by atoms with E-state index in [2.05, 4.69) is 15.6 Å². The van der Waals surface area contributed by atoms with Crippen LogP contribution >= 0.6 is 11.3 Å². The minimum absolute atomic E-state index is 0.130. The molecule has 8 heteroatoms. The van der Waals surface area contributed by atoms with E-state index in [1.165, 1.54) is 11.3 Å². The Morgan fingerprint density at radius 2 is 1.79 bits per heavy atom. The highest BCUT2D eigenvalue weighted by Gasteiger charge is 2.11. The van der Waals surface area contributed by atoms with E-state index >= 15 is 0 Å². The van der Waals surface area contributed by atoms with Gasteiger partial charge in [0.1, 0.15) is 0 Å². The lowest BCUT2D eigenvalue weighted by Crippen LogP contribution is -2.24. The summed E-state index contributed by atoms with van der Waals surface area (Å²) in [6.07, 6.45) is 0.130. The second-order valence-electron chi connectivity index (χ2n) is 6.11. The normalized spacial score (nSPS) is 10.3. The van der Waals surface area contributed by atoms with E-state index in [0.717, 1.165) is 5.56 Å². The molecule has 1 heterocycles. The van der Waals surface area contributed by atoms with Gasteiger partial charge in [-0.05, 0) is 29.8 Å². The van der Waals surface area contributed by atoms with Crippen molar-refractivity contribution in [1.82, 2.24) is 10.3 Å². The molecular weight excluding hydrogens is 390 g/mol. The van der Waals surface area contributed by atoms with E-state index in [-0.39, 0.29) is 18.2 Å². The first-order valence-electron chi connectivity index (χ1n) is 8.87. The summed E-state index contributed by atoms with van der Waals surface area (Å²) < 4.78 is 10.5. The number of ether oxygens (including phenoxy) is 2. The summed E-state index contributed by atoms with van der Waals surface area (Å²) in [6.45, 7) is 0.362. The first-order valence-corrected chi connectivity index (χ1v) is 9.75. The minimum atomic E-state index is -0.232. The van der Waals surface area contributed by atoms with Gasteiger partial charge in [0, 0.05) is 17.5 Å². The zero-order valence-corrected chi connectivity index (χ0v) is 16.9. The molecule has 0 aliphatic heterocycles. The van der Waals surface area contributed by atoms with Gasteiger partial charge in [-0.25, -0.2) is 4.98 Å². The van der Waals surface area contributed by atoms with Crippen molar-refractivity contribution in [2.45, 2.75) is 13.0 Å². The number of carbonyl (C=O) groups is 2. The maximum Gasteiger partial charge on any atom is 0.257 e. The average molecular weight is 411 g/mol. The number of carbonyl (C=O) groups excluding carboxylic acids is 2. The molecule has 7 nitrogen and oxygen atoms in total. The zero-order valence-electron chi connectivity index (χ0n) is 16.1. The number of hydrogen-bond acceptors (Lipinski definition) is 6. The molecule has 1 aromatic heterocycles. The number of amides is 2. The van der Waals surface area contributed by atoms with Crippen molar-refractivity contribution < 1.29 is 19.1 Å². The van der Waals surface area contributed by atoms with Crippen LogP contribution in [0.1, 0.15) is 21.6 Å². The van der Waals surface area contributed by atoms with Crippen molar-refractivity contribution in [3.8, 4) is 11.5 Å². The summed E-state index contributed by atoms with van der Waals surface area (Å²) in [5.41, 5.74) is 2.05. The van der Waals surface area contributed by atoms with Crippen LogP contribution in [0.2, 0.25) is 0 Å². The molecule has 0 saturated heterocycles. The number of rotatable bonds is 8. The topological polar surface area (TPSA) is 89.6 Å². The van der Waals surface area contributed by atoms with E-state index in [1.807, 2.05) is 18.2 Å². The van der Waals surface area contributed by atoms with E-state index < -0.39 is 0 Å². The van der Waals surface area contributed by atoms with Crippen LogP contribution < -0.4 is 20.1 Å². The van der Waals surface area contributed by atoms with Crippen molar-refractivity contribution in [2.24, 2.45) is 0 Å². The van der Waals surface area contributed by atoms with Crippen LogP contribution in [0.15, 0.2) is 53.9 Å². The van der Waals surface area contributed by atoms with E-state index in [1.54, 1.807) is 49.9 Å². The van der Waals surface area contributed by atoms with Crippen LogP contribution in [0.4, 0.5) is 5.13 Å².